The quantitative estimate of drug-likeness (QED) is 0.832. The number of benzene rings is 1. The van der Waals surface area contributed by atoms with Crippen LogP contribution in [0.3, 0.4) is 0 Å². The van der Waals surface area contributed by atoms with Gasteiger partial charge in [0.05, 0.1) is 12.5 Å². The summed E-state index contributed by atoms with van der Waals surface area (Å²) in [5.41, 5.74) is 2.09. The fraction of sp³-hybridized carbons (Fsp3) is 0.312. The molecule has 1 aromatic carbocycles. The Hall–Kier alpha value is -1.74. The third-order valence-electron chi connectivity index (χ3n) is 3.96. The lowest BCUT2D eigenvalue weighted by atomic mass is 10.1. The van der Waals surface area contributed by atoms with Crippen molar-refractivity contribution in [3.8, 4) is 0 Å². The summed E-state index contributed by atoms with van der Waals surface area (Å²) in [6, 6.07) is 11.8. The molecule has 1 atom stereocenters. The minimum absolute atomic E-state index is 0.119. The first-order chi connectivity index (χ1) is 9.66. The molecule has 3 nitrogen and oxygen atoms in total. The molecule has 0 saturated carbocycles. The summed E-state index contributed by atoms with van der Waals surface area (Å²) in [5.74, 6) is 0.137. The molecule has 0 aliphatic carbocycles. The van der Waals surface area contributed by atoms with Gasteiger partial charge >= 0.3 is 0 Å². The van der Waals surface area contributed by atoms with Crippen LogP contribution in [0.2, 0.25) is 5.02 Å². The Morgan fingerprint density at radius 1 is 1.25 bits per heavy atom. The highest BCUT2D eigenvalue weighted by atomic mass is 35.5. The molecule has 2 heterocycles. The van der Waals surface area contributed by atoms with Crippen LogP contribution in [0.1, 0.15) is 24.2 Å². The van der Waals surface area contributed by atoms with Crippen molar-refractivity contribution < 1.29 is 4.79 Å². The van der Waals surface area contributed by atoms with Crippen molar-refractivity contribution in [2.45, 2.75) is 25.9 Å². The Morgan fingerprint density at radius 2 is 2.05 bits per heavy atom. The van der Waals surface area contributed by atoms with E-state index in [4.69, 9.17) is 11.6 Å². The summed E-state index contributed by atoms with van der Waals surface area (Å²) in [6.07, 6.45) is 2.44. The van der Waals surface area contributed by atoms with Crippen LogP contribution in [-0.2, 0) is 17.8 Å². The van der Waals surface area contributed by atoms with E-state index in [2.05, 4.69) is 23.8 Å². The summed E-state index contributed by atoms with van der Waals surface area (Å²) in [7, 11) is 0. The molecule has 1 aromatic heterocycles. The summed E-state index contributed by atoms with van der Waals surface area (Å²) in [5, 5.41) is 0.661. The van der Waals surface area contributed by atoms with Crippen molar-refractivity contribution in [1.82, 2.24) is 9.47 Å². The van der Waals surface area contributed by atoms with Crippen LogP contribution in [0.4, 0.5) is 0 Å². The molecular weight excluding hydrogens is 272 g/mol. The number of nitrogens with zero attached hydrogens (tertiary/aromatic N) is 2. The summed E-state index contributed by atoms with van der Waals surface area (Å²) in [4.78, 5) is 14.5. The molecule has 4 heteroatoms. The largest absolute Gasteiger partial charge is 0.348 e. The van der Waals surface area contributed by atoms with Gasteiger partial charge in [-0.3, -0.25) is 4.79 Å². The van der Waals surface area contributed by atoms with Crippen LogP contribution in [0.15, 0.2) is 42.6 Å². The van der Waals surface area contributed by atoms with Crippen molar-refractivity contribution >= 4 is 17.5 Å². The van der Waals surface area contributed by atoms with Gasteiger partial charge in [0.2, 0.25) is 5.91 Å². The molecule has 1 aliphatic heterocycles. The molecule has 1 amide bonds. The number of carbonyl (C=O) groups is 1. The maximum atomic E-state index is 12.5. The molecule has 0 fully saturated rings. The van der Waals surface area contributed by atoms with Gasteiger partial charge < -0.3 is 9.47 Å². The second kappa shape index (κ2) is 5.33. The summed E-state index contributed by atoms with van der Waals surface area (Å²) in [6.45, 7) is 3.70. The molecule has 0 unspecified atom stereocenters. The fourth-order valence-electron chi connectivity index (χ4n) is 2.83. The Bertz CT molecular complexity index is 635. The van der Waals surface area contributed by atoms with E-state index in [0.717, 1.165) is 18.7 Å². The van der Waals surface area contributed by atoms with Crippen molar-refractivity contribution in [2.24, 2.45) is 0 Å². The van der Waals surface area contributed by atoms with Gasteiger partial charge in [-0.15, -0.1) is 0 Å². The van der Waals surface area contributed by atoms with Gasteiger partial charge in [0.1, 0.15) is 0 Å². The van der Waals surface area contributed by atoms with Crippen molar-refractivity contribution in [2.75, 3.05) is 6.54 Å². The van der Waals surface area contributed by atoms with Gasteiger partial charge in [-0.1, -0.05) is 29.8 Å². The number of hydrogen-bond acceptors (Lipinski definition) is 1. The molecule has 0 bridgehead atoms. The molecule has 0 radical (unpaired) electrons. The number of halogens is 1. The predicted octanol–water partition coefficient (Wildman–Crippen LogP) is 3.29. The van der Waals surface area contributed by atoms with Crippen LogP contribution >= 0.6 is 11.6 Å². The highest BCUT2D eigenvalue weighted by Crippen LogP contribution is 2.26. The first kappa shape index (κ1) is 13.3. The van der Waals surface area contributed by atoms with Gasteiger partial charge in [0.25, 0.3) is 0 Å². The first-order valence-electron chi connectivity index (χ1n) is 6.84. The number of rotatable bonds is 2. The van der Waals surface area contributed by atoms with Crippen molar-refractivity contribution in [3.05, 3.63) is 58.9 Å². The van der Waals surface area contributed by atoms with E-state index >= 15 is 0 Å². The van der Waals surface area contributed by atoms with Crippen LogP contribution in [0, 0.1) is 0 Å². The van der Waals surface area contributed by atoms with Gasteiger partial charge in [-0.2, -0.15) is 0 Å². The minimum Gasteiger partial charge on any atom is -0.348 e. The zero-order chi connectivity index (χ0) is 14.1. The number of carbonyl (C=O) groups excluding carboxylic acids is 1. The smallest absolute Gasteiger partial charge is 0.227 e. The van der Waals surface area contributed by atoms with Crippen LogP contribution < -0.4 is 0 Å². The second-order valence-electron chi connectivity index (χ2n) is 5.16. The third-order valence-corrected chi connectivity index (χ3v) is 4.33. The topological polar surface area (TPSA) is 25.2 Å². The average Bonchev–Trinajstić information content (AvgIpc) is 2.91. The lowest BCUT2D eigenvalue weighted by Crippen LogP contribution is -2.41. The van der Waals surface area contributed by atoms with Crippen LogP contribution in [0.5, 0.6) is 0 Å². The Balaban J connectivity index is 1.77. The molecule has 1 aliphatic rings. The van der Waals surface area contributed by atoms with Gasteiger partial charge in [-0.05, 0) is 30.7 Å². The van der Waals surface area contributed by atoms with Crippen LogP contribution in [-0.4, -0.2) is 21.9 Å². The molecular formula is C16H17ClN2O. The highest BCUT2D eigenvalue weighted by Gasteiger charge is 2.27. The minimum atomic E-state index is 0.119. The summed E-state index contributed by atoms with van der Waals surface area (Å²) < 4.78 is 2.21. The zero-order valence-corrected chi connectivity index (χ0v) is 12.2. The molecule has 0 saturated heterocycles. The van der Waals surface area contributed by atoms with Crippen LogP contribution in [0.25, 0.3) is 0 Å². The van der Waals surface area contributed by atoms with E-state index in [0.29, 0.717) is 11.4 Å². The van der Waals surface area contributed by atoms with E-state index in [9.17, 15) is 4.79 Å². The number of fused-ring (bicyclic) bond motifs is 1. The molecule has 0 N–H and O–H groups in total. The Labute approximate surface area is 123 Å². The molecule has 3 rings (SSSR count). The maximum Gasteiger partial charge on any atom is 0.227 e. The van der Waals surface area contributed by atoms with Gasteiger partial charge in [0.15, 0.2) is 0 Å². The third kappa shape index (κ3) is 2.34. The molecule has 104 valence electrons. The predicted molar refractivity (Wildman–Crippen MR) is 79.7 cm³/mol. The Kier molecular flexibility index (Phi) is 3.53. The fourth-order valence-corrected chi connectivity index (χ4v) is 3.03. The highest BCUT2D eigenvalue weighted by molar-refractivity contribution is 6.31. The average molecular weight is 289 g/mol. The van der Waals surface area contributed by atoms with Gasteiger partial charge in [-0.25, -0.2) is 0 Å². The number of aromatic nitrogens is 1. The van der Waals surface area contributed by atoms with E-state index < -0.39 is 0 Å². The molecule has 20 heavy (non-hydrogen) atoms. The van der Waals surface area contributed by atoms with Gasteiger partial charge in [0, 0.05) is 30.0 Å². The number of amides is 1. The standard InChI is InChI=1S/C16H17ClN2O/c1-12-15-7-4-8-18(15)9-10-19(12)16(20)11-13-5-2-3-6-14(13)17/h2-8,12H,9-11H2,1H3/t12-/m0/s1. The summed E-state index contributed by atoms with van der Waals surface area (Å²) >= 11 is 6.13. The zero-order valence-electron chi connectivity index (χ0n) is 11.4. The normalized spacial score (nSPS) is 17.9. The SMILES string of the molecule is C[C@H]1c2cccn2CCN1C(=O)Cc1ccccc1Cl. The monoisotopic (exact) mass is 288 g/mol. The Morgan fingerprint density at radius 3 is 2.85 bits per heavy atom. The van der Waals surface area contributed by atoms with Crippen molar-refractivity contribution in [3.63, 3.8) is 0 Å². The van der Waals surface area contributed by atoms with E-state index in [-0.39, 0.29) is 11.9 Å². The lowest BCUT2D eigenvalue weighted by Gasteiger charge is -2.35. The van der Waals surface area contributed by atoms with E-state index in [1.165, 1.54) is 5.69 Å². The second-order valence-corrected chi connectivity index (χ2v) is 5.56. The number of hydrogen-bond donors (Lipinski definition) is 0. The maximum absolute atomic E-state index is 12.5. The van der Waals surface area contributed by atoms with E-state index in [1.807, 2.05) is 35.2 Å². The molecule has 0 spiro atoms. The van der Waals surface area contributed by atoms with E-state index in [1.54, 1.807) is 0 Å². The first-order valence-corrected chi connectivity index (χ1v) is 7.22. The van der Waals surface area contributed by atoms with Crippen molar-refractivity contribution in [1.29, 1.82) is 0 Å². The lowest BCUT2D eigenvalue weighted by molar-refractivity contribution is -0.133. The molecule has 2 aromatic rings.